The van der Waals surface area contributed by atoms with E-state index in [0.717, 1.165) is 6.42 Å². The maximum Gasteiger partial charge on any atom is 0.255 e. The second-order valence-electron chi connectivity index (χ2n) is 5.77. The van der Waals surface area contributed by atoms with Crippen LogP contribution in [-0.4, -0.2) is 13.0 Å². The van der Waals surface area contributed by atoms with Crippen molar-refractivity contribution in [3.63, 3.8) is 0 Å². The molecular weight excluding hydrogens is 327 g/mol. The number of fused-ring (bicyclic) bond motifs is 4. The van der Waals surface area contributed by atoms with E-state index in [4.69, 9.17) is 13.0 Å². The Hall–Kier alpha value is -2.37. The fraction of sp³-hybridized carbons (Fsp3) is 0.105. The van der Waals surface area contributed by atoms with Crippen LogP contribution in [0.15, 0.2) is 54.6 Å². The Morgan fingerprint density at radius 1 is 1.04 bits per heavy atom. The van der Waals surface area contributed by atoms with Gasteiger partial charge in [0.15, 0.2) is 0 Å². The number of rotatable bonds is 0. The third kappa shape index (κ3) is 3.75. The fourth-order valence-electron chi connectivity index (χ4n) is 3.06. The van der Waals surface area contributed by atoms with Crippen LogP contribution in [0.1, 0.15) is 27.8 Å². The molecule has 24 heavy (non-hydrogen) atoms. The summed E-state index contributed by atoms with van der Waals surface area (Å²) in [5, 5.41) is 2.75. The number of hydrogen-bond donors (Lipinski definition) is 0. The molecular formula is C19H15FO3S. The van der Waals surface area contributed by atoms with Crippen molar-refractivity contribution in [2.24, 2.45) is 0 Å². The minimum atomic E-state index is -5.42. The van der Waals surface area contributed by atoms with E-state index < -0.39 is 10.5 Å². The molecule has 0 N–H and O–H groups in total. The molecule has 3 nitrogen and oxygen atoms in total. The summed E-state index contributed by atoms with van der Waals surface area (Å²) in [5.41, 5.74) is 6.96. The van der Waals surface area contributed by atoms with Gasteiger partial charge in [-0.1, -0.05) is 17.7 Å². The highest BCUT2D eigenvalue weighted by Crippen LogP contribution is 2.33. The van der Waals surface area contributed by atoms with Crippen molar-refractivity contribution >= 4 is 21.3 Å². The zero-order valence-corrected chi connectivity index (χ0v) is 13.8. The van der Waals surface area contributed by atoms with E-state index in [0.29, 0.717) is 0 Å². The SMILES string of the molecule is Cc1ccc2c3c(ccc2c1)[CH+]c1ccccc1C3.O=S(=O)([O-])F. The average molecular weight is 342 g/mol. The molecule has 0 spiro atoms. The number of benzene rings is 3. The van der Waals surface area contributed by atoms with Crippen LogP contribution in [0.25, 0.3) is 10.8 Å². The molecule has 0 amide bonds. The molecule has 0 radical (unpaired) electrons. The summed E-state index contributed by atoms with van der Waals surface area (Å²) in [6.07, 6.45) is 3.36. The molecule has 4 rings (SSSR count). The van der Waals surface area contributed by atoms with Gasteiger partial charge in [-0.25, -0.2) is 8.42 Å². The Morgan fingerprint density at radius 3 is 2.50 bits per heavy atom. The van der Waals surface area contributed by atoms with Crippen LogP contribution >= 0.6 is 0 Å². The van der Waals surface area contributed by atoms with Crippen LogP contribution in [0.3, 0.4) is 0 Å². The lowest BCUT2D eigenvalue weighted by Crippen LogP contribution is -2.06. The summed E-state index contributed by atoms with van der Waals surface area (Å²) in [6, 6.07) is 19.9. The van der Waals surface area contributed by atoms with Gasteiger partial charge in [0.2, 0.25) is 0 Å². The van der Waals surface area contributed by atoms with Crippen molar-refractivity contribution < 1.29 is 16.9 Å². The van der Waals surface area contributed by atoms with E-state index >= 15 is 0 Å². The minimum Gasteiger partial charge on any atom is -0.722 e. The van der Waals surface area contributed by atoms with Gasteiger partial charge in [0.05, 0.1) is 17.5 Å². The first kappa shape index (κ1) is 16.5. The third-order valence-corrected chi connectivity index (χ3v) is 4.06. The monoisotopic (exact) mass is 342 g/mol. The predicted octanol–water partition coefficient (Wildman–Crippen LogP) is 4.07. The van der Waals surface area contributed by atoms with Crippen LogP contribution in [0, 0.1) is 13.3 Å². The average Bonchev–Trinajstić information content (AvgIpc) is 2.51. The summed E-state index contributed by atoms with van der Waals surface area (Å²) >= 11 is 0. The van der Waals surface area contributed by atoms with Crippen molar-refractivity contribution in [1.29, 1.82) is 0 Å². The second kappa shape index (κ2) is 6.26. The molecule has 0 heterocycles. The zero-order valence-electron chi connectivity index (χ0n) is 13.0. The Morgan fingerprint density at radius 2 is 1.75 bits per heavy atom. The summed E-state index contributed by atoms with van der Waals surface area (Å²) < 4.78 is 35.3. The molecule has 3 aromatic carbocycles. The van der Waals surface area contributed by atoms with Gasteiger partial charge in [-0.3, -0.25) is 0 Å². The first-order chi connectivity index (χ1) is 11.3. The smallest absolute Gasteiger partial charge is 0.255 e. The maximum atomic E-state index is 10.1. The lowest BCUT2D eigenvalue weighted by Gasteiger charge is -2.15. The largest absolute Gasteiger partial charge is 0.722 e. The molecule has 3 aromatic rings. The van der Waals surface area contributed by atoms with Crippen LogP contribution in [-0.2, 0) is 16.9 Å². The fourth-order valence-corrected chi connectivity index (χ4v) is 3.06. The van der Waals surface area contributed by atoms with Crippen molar-refractivity contribution in [2.75, 3.05) is 0 Å². The van der Waals surface area contributed by atoms with Gasteiger partial charge < -0.3 is 4.55 Å². The number of hydrogen-bond acceptors (Lipinski definition) is 3. The topological polar surface area (TPSA) is 57.2 Å². The van der Waals surface area contributed by atoms with E-state index in [1.54, 1.807) is 0 Å². The van der Waals surface area contributed by atoms with Crippen molar-refractivity contribution in [3.05, 3.63) is 88.8 Å². The van der Waals surface area contributed by atoms with Crippen LogP contribution < -0.4 is 0 Å². The summed E-state index contributed by atoms with van der Waals surface area (Å²) in [5.74, 6) is 0. The second-order valence-corrected chi connectivity index (χ2v) is 6.56. The normalized spacial score (nSPS) is 12.5. The molecule has 0 saturated heterocycles. The van der Waals surface area contributed by atoms with Crippen LogP contribution in [0.2, 0.25) is 0 Å². The molecule has 0 saturated carbocycles. The van der Waals surface area contributed by atoms with Crippen molar-refractivity contribution in [1.82, 2.24) is 0 Å². The first-order valence-electron chi connectivity index (χ1n) is 7.41. The van der Waals surface area contributed by atoms with Gasteiger partial charge in [0.25, 0.3) is 10.5 Å². The lowest BCUT2D eigenvalue weighted by molar-refractivity contribution is 0.417. The van der Waals surface area contributed by atoms with E-state index in [-0.39, 0.29) is 0 Å². The molecule has 5 heteroatoms. The quantitative estimate of drug-likeness (QED) is 0.275. The number of aryl methyl sites for hydroxylation is 1. The Kier molecular flexibility index (Phi) is 4.30. The van der Waals surface area contributed by atoms with Gasteiger partial charge in [0, 0.05) is 35.1 Å². The molecule has 0 aromatic heterocycles. The highest BCUT2D eigenvalue weighted by Gasteiger charge is 2.23. The van der Waals surface area contributed by atoms with E-state index in [1.807, 2.05) is 0 Å². The summed E-state index contributed by atoms with van der Waals surface area (Å²) in [4.78, 5) is 0. The van der Waals surface area contributed by atoms with Crippen LogP contribution in [0.4, 0.5) is 3.89 Å². The van der Waals surface area contributed by atoms with Crippen LogP contribution in [0.5, 0.6) is 0 Å². The molecule has 0 unspecified atom stereocenters. The van der Waals surface area contributed by atoms with E-state index in [1.165, 1.54) is 38.6 Å². The van der Waals surface area contributed by atoms with E-state index in [9.17, 15) is 3.89 Å². The highest BCUT2D eigenvalue weighted by atomic mass is 32.3. The first-order valence-corrected chi connectivity index (χ1v) is 8.72. The predicted molar refractivity (Wildman–Crippen MR) is 91.2 cm³/mol. The Labute approximate surface area is 140 Å². The Balaban J connectivity index is 0.000000300. The van der Waals surface area contributed by atoms with Crippen molar-refractivity contribution in [2.45, 2.75) is 13.3 Å². The van der Waals surface area contributed by atoms with Gasteiger partial charge in [-0.15, -0.1) is 3.89 Å². The molecule has 0 atom stereocenters. The highest BCUT2D eigenvalue weighted by molar-refractivity contribution is 7.80. The Bertz CT molecular complexity index is 1000. The standard InChI is InChI=1S/C19H15.FHO3S/c1-13-6-9-18-16(10-13)7-8-17-11-14-4-2-3-5-15(14)12-19(17)18;1-5(2,3)4/h2-11H,12H2,1H3;(H,2,3,4)/q+1;/p-1. The van der Waals surface area contributed by atoms with Gasteiger partial charge in [-0.05, 0) is 42.6 Å². The minimum absolute atomic E-state index is 1.04. The number of halogens is 1. The molecule has 0 aliphatic heterocycles. The molecule has 0 bridgehead atoms. The molecule has 122 valence electrons. The third-order valence-electron chi connectivity index (χ3n) is 4.06. The maximum absolute atomic E-state index is 10.1. The molecule has 1 aliphatic rings. The summed E-state index contributed by atoms with van der Waals surface area (Å²) in [7, 11) is -5.42. The molecule has 0 fully saturated rings. The lowest BCUT2D eigenvalue weighted by atomic mass is 9.83. The van der Waals surface area contributed by atoms with Gasteiger partial charge in [0.1, 0.15) is 0 Å². The van der Waals surface area contributed by atoms with Crippen molar-refractivity contribution in [3.8, 4) is 0 Å². The molecule has 1 aliphatic carbocycles. The van der Waals surface area contributed by atoms with E-state index in [2.05, 4.69) is 67.9 Å². The summed E-state index contributed by atoms with van der Waals surface area (Å²) in [6.45, 7) is 2.15. The van der Waals surface area contributed by atoms with Gasteiger partial charge in [-0.2, -0.15) is 0 Å². The van der Waals surface area contributed by atoms with Gasteiger partial charge >= 0.3 is 0 Å². The zero-order chi connectivity index (χ0) is 17.3.